The molecule has 0 radical (unpaired) electrons. The Morgan fingerprint density at radius 3 is 2.44 bits per heavy atom. The molecule has 3 rings (SSSR count). The van der Waals surface area contributed by atoms with Gasteiger partial charge in [-0.05, 0) is 37.3 Å². The number of carbonyl (C=O) groups is 3. The molecule has 3 amide bonds. The van der Waals surface area contributed by atoms with Crippen LogP contribution in [0.5, 0.6) is 0 Å². The molecule has 1 unspecified atom stereocenters. The van der Waals surface area contributed by atoms with Crippen LogP contribution in [0.4, 0.5) is 0 Å². The van der Waals surface area contributed by atoms with E-state index in [0.29, 0.717) is 12.0 Å². The van der Waals surface area contributed by atoms with Gasteiger partial charge in [0.1, 0.15) is 17.5 Å². The van der Waals surface area contributed by atoms with E-state index in [4.69, 9.17) is 0 Å². The zero-order chi connectivity index (χ0) is 23.8. The first-order valence-corrected chi connectivity index (χ1v) is 12.2. The third-order valence-corrected chi connectivity index (χ3v) is 8.20. The lowest BCUT2D eigenvalue weighted by atomic mass is 9.95. The van der Waals surface area contributed by atoms with Crippen molar-refractivity contribution in [1.29, 1.82) is 0 Å². The Bertz CT molecular complexity index is 888. The summed E-state index contributed by atoms with van der Waals surface area (Å²) in [5.74, 6) is -0.824. The van der Waals surface area contributed by atoms with E-state index < -0.39 is 16.8 Å². The van der Waals surface area contributed by atoms with Gasteiger partial charge in [0.15, 0.2) is 0 Å². The van der Waals surface area contributed by atoms with E-state index in [0.717, 1.165) is 5.56 Å². The zero-order valence-electron chi connectivity index (χ0n) is 19.7. The molecule has 8 heteroatoms. The molecule has 3 N–H and O–H groups in total. The number of fused-ring (bicyclic) bond motifs is 3. The minimum atomic E-state index is -0.750. The number of aliphatic hydroxyl groups is 1. The summed E-state index contributed by atoms with van der Waals surface area (Å²) in [6.07, 6.45) is 0.698. The van der Waals surface area contributed by atoms with Crippen LogP contribution >= 0.6 is 11.8 Å². The molecule has 2 heterocycles. The molecule has 0 aliphatic carbocycles. The van der Waals surface area contributed by atoms with Gasteiger partial charge < -0.3 is 20.6 Å². The SMILES string of the molecule is CC[C@@H](C)[C@H](NC(=O)[C@H]1N2C(=O)c3ccccc3C2SC1(C)C)C(=O)N[C@@H](CO)C(C)C. The van der Waals surface area contributed by atoms with Gasteiger partial charge in [0.25, 0.3) is 5.91 Å². The van der Waals surface area contributed by atoms with Gasteiger partial charge >= 0.3 is 0 Å². The molecule has 0 aromatic heterocycles. The maximum absolute atomic E-state index is 13.6. The second kappa shape index (κ2) is 9.43. The number of nitrogens with zero attached hydrogens (tertiary/aromatic N) is 1. The van der Waals surface area contributed by atoms with Crippen molar-refractivity contribution in [2.45, 2.75) is 76.2 Å². The molecule has 32 heavy (non-hydrogen) atoms. The second-order valence-electron chi connectivity index (χ2n) is 9.69. The van der Waals surface area contributed by atoms with Crippen molar-refractivity contribution in [2.75, 3.05) is 6.61 Å². The van der Waals surface area contributed by atoms with E-state index in [9.17, 15) is 19.5 Å². The van der Waals surface area contributed by atoms with E-state index in [-0.39, 0.29) is 47.6 Å². The quantitative estimate of drug-likeness (QED) is 0.553. The number of carbonyl (C=O) groups excluding carboxylic acids is 3. The van der Waals surface area contributed by atoms with Crippen LogP contribution in [0.2, 0.25) is 0 Å². The Labute approximate surface area is 194 Å². The molecule has 2 aliphatic heterocycles. The first kappa shape index (κ1) is 24.6. The van der Waals surface area contributed by atoms with E-state index >= 15 is 0 Å². The fraction of sp³-hybridized carbons (Fsp3) is 0.625. The first-order valence-electron chi connectivity index (χ1n) is 11.3. The minimum absolute atomic E-state index is 0.0592. The Morgan fingerprint density at radius 2 is 1.84 bits per heavy atom. The average molecular weight is 462 g/mol. The highest BCUT2D eigenvalue weighted by Gasteiger charge is 2.57. The highest BCUT2D eigenvalue weighted by molar-refractivity contribution is 8.01. The summed E-state index contributed by atoms with van der Waals surface area (Å²) in [6, 6.07) is 5.65. The molecule has 1 aromatic carbocycles. The molecule has 7 nitrogen and oxygen atoms in total. The summed E-state index contributed by atoms with van der Waals surface area (Å²) in [5.41, 5.74) is 1.57. The smallest absolute Gasteiger partial charge is 0.256 e. The van der Waals surface area contributed by atoms with Crippen LogP contribution in [0, 0.1) is 11.8 Å². The van der Waals surface area contributed by atoms with Crippen LogP contribution < -0.4 is 10.6 Å². The largest absolute Gasteiger partial charge is 0.394 e. The summed E-state index contributed by atoms with van der Waals surface area (Å²) < 4.78 is -0.514. The Balaban J connectivity index is 1.84. The normalized spacial score (nSPS) is 24.0. The molecule has 1 fully saturated rings. The van der Waals surface area contributed by atoms with Crippen molar-refractivity contribution >= 4 is 29.5 Å². The van der Waals surface area contributed by atoms with Crippen LogP contribution in [-0.2, 0) is 9.59 Å². The third-order valence-electron chi connectivity index (χ3n) is 6.67. The maximum atomic E-state index is 13.6. The highest BCUT2D eigenvalue weighted by Crippen LogP contribution is 2.56. The number of hydrogen-bond acceptors (Lipinski definition) is 5. The van der Waals surface area contributed by atoms with Crippen molar-refractivity contribution in [2.24, 2.45) is 11.8 Å². The molecular weight excluding hydrogens is 426 g/mol. The molecule has 2 aliphatic rings. The Morgan fingerprint density at radius 1 is 1.19 bits per heavy atom. The summed E-state index contributed by atoms with van der Waals surface area (Å²) in [7, 11) is 0. The first-order chi connectivity index (χ1) is 15.0. The van der Waals surface area contributed by atoms with Crippen LogP contribution in [0.15, 0.2) is 24.3 Å². The Kier molecular flexibility index (Phi) is 7.25. The van der Waals surface area contributed by atoms with E-state index in [1.807, 2.05) is 59.7 Å². The number of hydrogen-bond donors (Lipinski definition) is 3. The van der Waals surface area contributed by atoms with Crippen LogP contribution in [0.1, 0.15) is 69.3 Å². The zero-order valence-corrected chi connectivity index (χ0v) is 20.5. The molecule has 0 bridgehead atoms. The molecule has 0 spiro atoms. The van der Waals surface area contributed by atoms with Gasteiger partial charge in [-0.15, -0.1) is 11.8 Å². The summed E-state index contributed by atoms with van der Waals surface area (Å²) in [4.78, 5) is 41.5. The number of rotatable bonds is 8. The van der Waals surface area contributed by atoms with Crippen LogP contribution in [0.25, 0.3) is 0 Å². The lowest BCUT2D eigenvalue weighted by molar-refractivity contribution is -0.133. The van der Waals surface area contributed by atoms with E-state index in [1.54, 1.807) is 22.7 Å². The molecule has 176 valence electrons. The minimum Gasteiger partial charge on any atom is -0.394 e. The standard InChI is InChI=1S/C24H35N3O4S/c1-7-14(4)18(20(29)25-17(12-28)13(2)3)26-21(30)19-24(5,6)32-23-16-11-9-8-10-15(16)22(31)27(19)23/h8-11,13-14,17-19,23,28H,7,12H2,1-6H3,(H,25,29)(H,26,30)/t14-,17+,18+,19-,23?/m1/s1. The molecular formula is C24H35N3O4S. The van der Waals surface area contributed by atoms with Gasteiger partial charge in [-0.3, -0.25) is 14.4 Å². The lowest BCUT2D eigenvalue weighted by Crippen LogP contribution is -2.59. The van der Waals surface area contributed by atoms with Crippen molar-refractivity contribution in [1.82, 2.24) is 15.5 Å². The summed E-state index contributed by atoms with van der Waals surface area (Å²) in [6.45, 7) is 11.5. The average Bonchev–Trinajstić information content (AvgIpc) is 3.18. The highest BCUT2D eigenvalue weighted by atomic mass is 32.2. The fourth-order valence-corrected chi connectivity index (χ4v) is 6.02. The van der Waals surface area contributed by atoms with Gasteiger partial charge in [-0.1, -0.05) is 52.3 Å². The number of nitrogens with one attached hydrogen (secondary N) is 2. The van der Waals surface area contributed by atoms with Crippen molar-refractivity contribution in [3.05, 3.63) is 35.4 Å². The fourth-order valence-electron chi connectivity index (χ4n) is 4.43. The van der Waals surface area contributed by atoms with E-state index in [2.05, 4.69) is 10.6 Å². The third kappa shape index (κ3) is 4.39. The topological polar surface area (TPSA) is 98.7 Å². The predicted octanol–water partition coefficient (Wildman–Crippen LogP) is 2.70. The van der Waals surface area contributed by atoms with Gasteiger partial charge in [0.2, 0.25) is 11.8 Å². The van der Waals surface area contributed by atoms with Gasteiger partial charge in [0, 0.05) is 10.3 Å². The van der Waals surface area contributed by atoms with Crippen molar-refractivity contribution < 1.29 is 19.5 Å². The molecule has 1 aromatic rings. The van der Waals surface area contributed by atoms with Crippen molar-refractivity contribution in [3.63, 3.8) is 0 Å². The number of aliphatic hydroxyl groups excluding tert-OH is 1. The number of benzene rings is 1. The second-order valence-corrected chi connectivity index (χ2v) is 11.4. The maximum Gasteiger partial charge on any atom is 0.256 e. The van der Waals surface area contributed by atoms with Gasteiger partial charge in [-0.25, -0.2) is 0 Å². The molecule has 0 saturated carbocycles. The van der Waals surface area contributed by atoms with Crippen molar-refractivity contribution in [3.8, 4) is 0 Å². The lowest BCUT2D eigenvalue weighted by Gasteiger charge is -2.33. The van der Waals surface area contributed by atoms with Crippen LogP contribution in [-0.4, -0.2) is 57.2 Å². The summed E-state index contributed by atoms with van der Waals surface area (Å²) >= 11 is 1.60. The molecule has 1 saturated heterocycles. The van der Waals surface area contributed by atoms with Gasteiger partial charge in [-0.2, -0.15) is 0 Å². The number of thioether (sulfide) groups is 1. The van der Waals surface area contributed by atoms with E-state index in [1.165, 1.54) is 0 Å². The Hall–Kier alpha value is -2.06. The monoisotopic (exact) mass is 461 g/mol. The summed E-state index contributed by atoms with van der Waals surface area (Å²) in [5, 5.41) is 15.2. The number of amides is 3. The predicted molar refractivity (Wildman–Crippen MR) is 126 cm³/mol. The van der Waals surface area contributed by atoms with Gasteiger partial charge in [0.05, 0.1) is 12.6 Å². The van der Waals surface area contributed by atoms with Crippen LogP contribution in [0.3, 0.4) is 0 Å². The molecule has 5 atom stereocenters.